The van der Waals surface area contributed by atoms with Crippen LogP contribution in [0, 0.1) is 5.92 Å². The molecule has 0 aliphatic heterocycles. The Morgan fingerprint density at radius 1 is 0.878 bits per heavy atom. The fourth-order valence-electron chi connectivity index (χ4n) is 4.66. The maximum Gasteiger partial charge on any atom is 0.403 e. The van der Waals surface area contributed by atoms with Crippen molar-refractivity contribution in [2.24, 2.45) is 5.92 Å². The van der Waals surface area contributed by atoms with Gasteiger partial charge in [-0.1, -0.05) is 67.8 Å². The van der Waals surface area contributed by atoms with Crippen LogP contribution in [-0.2, 0) is 20.9 Å². The molecule has 1 saturated carbocycles. The van der Waals surface area contributed by atoms with Gasteiger partial charge in [-0.25, -0.2) is 9.59 Å². The van der Waals surface area contributed by atoms with Crippen LogP contribution < -0.4 is 15.5 Å². The first-order valence-corrected chi connectivity index (χ1v) is 13.1. The predicted molar refractivity (Wildman–Crippen MR) is 138 cm³/mol. The lowest BCUT2D eigenvalue weighted by atomic mass is 9.94. The predicted octanol–water partition coefficient (Wildman–Crippen LogP) is 5.89. The third-order valence-electron chi connectivity index (χ3n) is 6.69. The number of anilines is 1. The van der Waals surface area contributed by atoms with E-state index >= 15 is 0 Å². The summed E-state index contributed by atoms with van der Waals surface area (Å²) in [6.07, 6.45) is -8.67. The molecule has 224 valence electrons. The zero-order valence-corrected chi connectivity index (χ0v) is 22.2. The molecular formula is C28H31F6N3O4. The van der Waals surface area contributed by atoms with Crippen molar-refractivity contribution >= 4 is 23.6 Å². The van der Waals surface area contributed by atoms with Crippen molar-refractivity contribution in [3.8, 4) is 0 Å². The Balaban J connectivity index is 1.96. The summed E-state index contributed by atoms with van der Waals surface area (Å²) in [5.74, 6) is -7.18. The maximum absolute atomic E-state index is 14.1. The standard InChI is InChI=1S/C28H31F6N3O4/c1-18(25(39)41-17-19-11-5-2-6-12-19)35-24(38)22(23(27(29,30)31)28(32,33)34)37(21-15-9-4-10-16-21)26(40)36-20-13-7-3-8-14-20/h2,4-6,9-12,15-16,18,20,22-23H,3,7-8,13-14,17H2,1H3,(H,35,38)(H,36,40)/t18-,22?/m0/s1. The molecule has 1 aliphatic rings. The van der Waals surface area contributed by atoms with E-state index in [9.17, 15) is 40.7 Å². The summed E-state index contributed by atoms with van der Waals surface area (Å²) in [7, 11) is 0. The van der Waals surface area contributed by atoms with Crippen LogP contribution in [0.4, 0.5) is 36.8 Å². The van der Waals surface area contributed by atoms with Crippen LogP contribution in [0.2, 0.25) is 0 Å². The fraction of sp³-hybridized carbons (Fsp3) is 0.464. The van der Waals surface area contributed by atoms with Gasteiger partial charge in [0.2, 0.25) is 5.91 Å². The van der Waals surface area contributed by atoms with Crippen molar-refractivity contribution in [1.82, 2.24) is 10.6 Å². The van der Waals surface area contributed by atoms with E-state index in [2.05, 4.69) is 5.32 Å². The molecule has 2 atom stereocenters. The zero-order valence-electron chi connectivity index (χ0n) is 22.2. The summed E-state index contributed by atoms with van der Waals surface area (Å²) < 4.78 is 89.5. The normalized spacial score (nSPS) is 16.0. The number of alkyl halides is 6. The van der Waals surface area contributed by atoms with Crippen LogP contribution in [0.3, 0.4) is 0 Å². The minimum Gasteiger partial charge on any atom is -0.459 e. The van der Waals surface area contributed by atoms with E-state index < -0.39 is 54.3 Å². The fourth-order valence-corrected chi connectivity index (χ4v) is 4.66. The van der Waals surface area contributed by atoms with Gasteiger partial charge in [0, 0.05) is 11.7 Å². The average molecular weight is 588 g/mol. The van der Waals surface area contributed by atoms with Crippen molar-refractivity contribution in [2.75, 3.05) is 4.90 Å². The average Bonchev–Trinajstić information content (AvgIpc) is 2.91. The quantitative estimate of drug-likeness (QED) is 0.283. The van der Waals surface area contributed by atoms with E-state index in [1.54, 1.807) is 30.3 Å². The highest BCUT2D eigenvalue weighted by atomic mass is 19.4. The number of nitrogens with one attached hydrogen (secondary N) is 2. The molecular weight excluding hydrogens is 556 g/mol. The highest BCUT2D eigenvalue weighted by Gasteiger charge is 2.64. The smallest absolute Gasteiger partial charge is 0.403 e. The second kappa shape index (κ2) is 13.7. The van der Waals surface area contributed by atoms with Crippen LogP contribution in [0.25, 0.3) is 0 Å². The van der Waals surface area contributed by atoms with Gasteiger partial charge in [-0.3, -0.25) is 9.69 Å². The largest absolute Gasteiger partial charge is 0.459 e. The number of hydrogen-bond acceptors (Lipinski definition) is 4. The Labute approximate surface area is 233 Å². The summed E-state index contributed by atoms with van der Waals surface area (Å²) in [5, 5.41) is 4.42. The number of halogens is 6. The number of esters is 1. The minimum absolute atomic E-state index is 0.178. The third-order valence-corrected chi connectivity index (χ3v) is 6.69. The van der Waals surface area contributed by atoms with Crippen molar-refractivity contribution in [1.29, 1.82) is 0 Å². The molecule has 0 bridgehead atoms. The van der Waals surface area contributed by atoms with Crippen molar-refractivity contribution in [2.45, 2.75) is 76.1 Å². The number of rotatable bonds is 9. The van der Waals surface area contributed by atoms with Gasteiger partial charge in [-0.15, -0.1) is 0 Å². The van der Waals surface area contributed by atoms with E-state index in [0.29, 0.717) is 18.4 Å². The molecule has 7 nitrogen and oxygen atoms in total. The molecule has 1 aliphatic carbocycles. The Bertz CT molecular complexity index is 1140. The lowest BCUT2D eigenvalue weighted by molar-refractivity contribution is -0.287. The number of ether oxygens (including phenoxy) is 1. The number of benzene rings is 2. The summed E-state index contributed by atoms with van der Waals surface area (Å²) in [5.41, 5.74) is 0.208. The van der Waals surface area contributed by atoms with E-state index in [0.717, 1.165) is 38.3 Å². The van der Waals surface area contributed by atoms with E-state index in [1.165, 1.54) is 18.2 Å². The van der Waals surface area contributed by atoms with Crippen LogP contribution in [0.5, 0.6) is 0 Å². The second-order valence-corrected chi connectivity index (χ2v) is 9.82. The van der Waals surface area contributed by atoms with Crippen LogP contribution in [-0.4, -0.2) is 48.4 Å². The number of hydrogen-bond donors (Lipinski definition) is 2. The number of urea groups is 1. The highest BCUT2D eigenvalue weighted by molar-refractivity contribution is 6.01. The van der Waals surface area contributed by atoms with Gasteiger partial charge in [-0.2, -0.15) is 26.3 Å². The third kappa shape index (κ3) is 8.86. The molecule has 13 heteroatoms. The Hall–Kier alpha value is -3.77. The number of carbonyl (C=O) groups is 3. The first-order valence-electron chi connectivity index (χ1n) is 13.1. The van der Waals surface area contributed by atoms with E-state index in [-0.39, 0.29) is 17.2 Å². The summed E-state index contributed by atoms with van der Waals surface area (Å²) in [4.78, 5) is 39.4. The van der Waals surface area contributed by atoms with Crippen molar-refractivity contribution < 1.29 is 45.5 Å². The van der Waals surface area contributed by atoms with Crippen molar-refractivity contribution in [3.05, 3.63) is 66.2 Å². The molecule has 0 heterocycles. The summed E-state index contributed by atoms with van der Waals surface area (Å²) >= 11 is 0. The number of amides is 3. The monoisotopic (exact) mass is 587 g/mol. The molecule has 3 amide bonds. The summed E-state index contributed by atoms with van der Waals surface area (Å²) in [6.45, 7) is 0.824. The molecule has 1 unspecified atom stereocenters. The maximum atomic E-state index is 14.1. The summed E-state index contributed by atoms with van der Waals surface area (Å²) in [6, 6.07) is 8.10. The van der Waals surface area contributed by atoms with E-state index in [4.69, 9.17) is 4.74 Å². The number of nitrogens with zero attached hydrogens (tertiary/aromatic N) is 1. The lowest BCUT2D eigenvalue weighted by Crippen LogP contribution is -2.64. The van der Waals surface area contributed by atoms with Gasteiger partial charge in [0.05, 0.1) is 0 Å². The zero-order chi connectivity index (χ0) is 30.2. The van der Waals surface area contributed by atoms with E-state index in [1.807, 2.05) is 5.32 Å². The molecule has 3 rings (SSSR count). The highest BCUT2D eigenvalue weighted by Crippen LogP contribution is 2.44. The molecule has 2 aromatic rings. The minimum atomic E-state index is -5.98. The van der Waals surface area contributed by atoms with Crippen LogP contribution in [0.15, 0.2) is 60.7 Å². The lowest BCUT2D eigenvalue weighted by Gasteiger charge is -2.38. The first-order chi connectivity index (χ1) is 19.3. The van der Waals surface area contributed by atoms with Gasteiger partial charge >= 0.3 is 24.4 Å². The first kappa shape index (κ1) is 31.8. The Morgan fingerprint density at radius 3 is 1.95 bits per heavy atom. The Morgan fingerprint density at radius 2 is 1.41 bits per heavy atom. The van der Waals surface area contributed by atoms with Crippen LogP contribution in [0.1, 0.15) is 44.6 Å². The molecule has 2 aromatic carbocycles. The van der Waals surface area contributed by atoms with Gasteiger partial charge < -0.3 is 15.4 Å². The van der Waals surface area contributed by atoms with Gasteiger partial charge in [0.25, 0.3) is 0 Å². The second-order valence-electron chi connectivity index (χ2n) is 9.82. The van der Waals surface area contributed by atoms with Gasteiger partial charge in [0.1, 0.15) is 18.7 Å². The topological polar surface area (TPSA) is 87.7 Å². The molecule has 41 heavy (non-hydrogen) atoms. The van der Waals surface area contributed by atoms with Crippen LogP contribution >= 0.6 is 0 Å². The molecule has 0 aromatic heterocycles. The molecule has 0 spiro atoms. The van der Waals surface area contributed by atoms with Crippen molar-refractivity contribution in [3.63, 3.8) is 0 Å². The Kier molecular flexibility index (Phi) is 10.6. The molecule has 2 N–H and O–H groups in total. The molecule has 1 fully saturated rings. The number of carbonyl (C=O) groups excluding carboxylic acids is 3. The SMILES string of the molecule is C[C@H](NC(=O)C(C(C(F)(F)F)C(F)(F)F)N(C(=O)NC1CCCCC1)c1ccccc1)C(=O)OCc1ccccc1. The van der Waals surface area contributed by atoms with Gasteiger partial charge in [0.15, 0.2) is 5.92 Å². The van der Waals surface area contributed by atoms with Gasteiger partial charge in [-0.05, 0) is 37.5 Å². The number of para-hydroxylation sites is 1. The molecule has 0 radical (unpaired) electrons. The molecule has 0 saturated heterocycles.